The molecule has 104 valence electrons. The third kappa shape index (κ3) is 2.51. The first-order valence-corrected chi connectivity index (χ1v) is 7.72. The van der Waals surface area contributed by atoms with Crippen LogP contribution in [0.3, 0.4) is 0 Å². The van der Waals surface area contributed by atoms with Crippen molar-refractivity contribution >= 4 is 0 Å². The second kappa shape index (κ2) is 5.80. The predicted molar refractivity (Wildman–Crippen MR) is 84.9 cm³/mol. The molecule has 1 aliphatic rings. The topological polar surface area (TPSA) is 26.0 Å². The van der Waals surface area contributed by atoms with Gasteiger partial charge >= 0.3 is 0 Å². The molecule has 0 heterocycles. The van der Waals surface area contributed by atoms with E-state index >= 15 is 0 Å². The number of hydrogen-bond acceptors (Lipinski definition) is 1. The molecule has 0 saturated heterocycles. The molecular formula is C19H23N. The normalized spacial score (nSPS) is 16.7. The zero-order valence-electron chi connectivity index (χ0n) is 12.2. The third-order valence-electron chi connectivity index (χ3n) is 4.61. The highest BCUT2D eigenvalue weighted by molar-refractivity contribution is 5.38. The standard InChI is InChI=1S/C19H23N/c1-2-18(15-7-4-3-5-8-15)19(20)17-12-11-14-9-6-10-16(14)13-17/h3-5,7-8,11-13,18-19H,2,6,9-10,20H2,1H3. The van der Waals surface area contributed by atoms with Crippen LogP contribution in [0, 0.1) is 0 Å². The van der Waals surface area contributed by atoms with E-state index in [9.17, 15) is 0 Å². The fourth-order valence-corrected chi connectivity index (χ4v) is 3.43. The lowest BCUT2D eigenvalue weighted by Crippen LogP contribution is -2.19. The van der Waals surface area contributed by atoms with Crippen LogP contribution in [0.15, 0.2) is 48.5 Å². The molecule has 2 N–H and O–H groups in total. The number of fused-ring (bicyclic) bond motifs is 1. The van der Waals surface area contributed by atoms with Crippen LogP contribution in [-0.2, 0) is 12.8 Å². The molecule has 2 unspecified atom stereocenters. The van der Waals surface area contributed by atoms with Gasteiger partial charge in [0.25, 0.3) is 0 Å². The van der Waals surface area contributed by atoms with E-state index in [4.69, 9.17) is 5.73 Å². The first kappa shape index (κ1) is 13.4. The molecule has 0 aliphatic heterocycles. The van der Waals surface area contributed by atoms with Crippen molar-refractivity contribution in [2.45, 2.75) is 44.6 Å². The van der Waals surface area contributed by atoms with Crippen molar-refractivity contribution < 1.29 is 0 Å². The summed E-state index contributed by atoms with van der Waals surface area (Å²) in [7, 11) is 0. The van der Waals surface area contributed by atoms with Crippen LogP contribution in [0.2, 0.25) is 0 Å². The SMILES string of the molecule is CCC(c1ccccc1)C(N)c1ccc2c(c1)CCC2. The fraction of sp³-hybridized carbons (Fsp3) is 0.368. The molecule has 0 fully saturated rings. The van der Waals surface area contributed by atoms with E-state index < -0.39 is 0 Å². The monoisotopic (exact) mass is 265 g/mol. The average molecular weight is 265 g/mol. The maximum atomic E-state index is 6.58. The highest BCUT2D eigenvalue weighted by Crippen LogP contribution is 2.33. The van der Waals surface area contributed by atoms with Gasteiger partial charge in [0.05, 0.1) is 0 Å². The van der Waals surface area contributed by atoms with Crippen LogP contribution in [0.5, 0.6) is 0 Å². The van der Waals surface area contributed by atoms with Crippen LogP contribution in [0.25, 0.3) is 0 Å². The summed E-state index contributed by atoms with van der Waals surface area (Å²) in [6.45, 7) is 2.23. The van der Waals surface area contributed by atoms with Crippen molar-refractivity contribution in [3.05, 3.63) is 70.8 Å². The van der Waals surface area contributed by atoms with Crippen LogP contribution in [0.4, 0.5) is 0 Å². The smallest absolute Gasteiger partial charge is 0.0364 e. The van der Waals surface area contributed by atoms with Gasteiger partial charge < -0.3 is 5.73 Å². The number of nitrogens with two attached hydrogens (primary N) is 1. The Labute approximate surface area is 121 Å². The molecule has 0 radical (unpaired) electrons. The summed E-state index contributed by atoms with van der Waals surface area (Å²) in [6.07, 6.45) is 4.82. The van der Waals surface area contributed by atoms with Crippen LogP contribution in [0.1, 0.15) is 54.0 Å². The van der Waals surface area contributed by atoms with Gasteiger partial charge in [0.15, 0.2) is 0 Å². The molecule has 0 bridgehead atoms. The van der Waals surface area contributed by atoms with Gasteiger partial charge in [0.2, 0.25) is 0 Å². The van der Waals surface area contributed by atoms with E-state index in [0.29, 0.717) is 5.92 Å². The lowest BCUT2D eigenvalue weighted by atomic mass is 9.85. The first-order valence-electron chi connectivity index (χ1n) is 7.72. The van der Waals surface area contributed by atoms with Gasteiger partial charge in [-0.1, -0.05) is 55.5 Å². The molecule has 0 saturated carbocycles. The Morgan fingerprint density at radius 2 is 1.70 bits per heavy atom. The van der Waals surface area contributed by atoms with Crippen molar-refractivity contribution in [2.24, 2.45) is 5.73 Å². The molecule has 1 heteroatoms. The van der Waals surface area contributed by atoms with E-state index in [-0.39, 0.29) is 6.04 Å². The molecule has 3 rings (SSSR count). The van der Waals surface area contributed by atoms with Crippen LogP contribution in [-0.4, -0.2) is 0 Å². The van der Waals surface area contributed by atoms with E-state index in [1.165, 1.54) is 41.5 Å². The number of aryl methyl sites for hydroxylation is 2. The molecule has 1 aliphatic carbocycles. The largest absolute Gasteiger partial charge is 0.323 e. The van der Waals surface area contributed by atoms with Crippen molar-refractivity contribution in [2.75, 3.05) is 0 Å². The fourth-order valence-electron chi connectivity index (χ4n) is 3.43. The summed E-state index contributed by atoms with van der Waals surface area (Å²) in [5.74, 6) is 0.399. The second-order valence-corrected chi connectivity index (χ2v) is 5.83. The Bertz CT molecular complexity index is 574. The highest BCUT2D eigenvalue weighted by atomic mass is 14.7. The lowest BCUT2D eigenvalue weighted by Gasteiger charge is -2.24. The summed E-state index contributed by atoms with van der Waals surface area (Å²) in [6, 6.07) is 17.6. The van der Waals surface area contributed by atoms with Crippen molar-refractivity contribution in [3.8, 4) is 0 Å². The minimum atomic E-state index is 0.0910. The summed E-state index contributed by atoms with van der Waals surface area (Å²) in [4.78, 5) is 0. The Morgan fingerprint density at radius 3 is 2.45 bits per heavy atom. The van der Waals surface area contributed by atoms with Gasteiger partial charge in [-0.25, -0.2) is 0 Å². The van der Waals surface area contributed by atoms with Gasteiger partial charge in [-0.15, -0.1) is 0 Å². The Kier molecular flexibility index (Phi) is 3.88. The van der Waals surface area contributed by atoms with Crippen LogP contribution < -0.4 is 5.73 Å². The zero-order valence-corrected chi connectivity index (χ0v) is 12.2. The molecule has 2 atom stereocenters. The molecule has 0 spiro atoms. The molecule has 2 aromatic carbocycles. The molecular weight excluding hydrogens is 242 g/mol. The number of benzene rings is 2. The second-order valence-electron chi connectivity index (χ2n) is 5.83. The van der Waals surface area contributed by atoms with Gasteiger partial charge in [-0.05, 0) is 47.9 Å². The van der Waals surface area contributed by atoms with Crippen molar-refractivity contribution in [3.63, 3.8) is 0 Å². The quantitative estimate of drug-likeness (QED) is 0.873. The van der Waals surface area contributed by atoms with Gasteiger partial charge in [0.1, 0.15) is 0 Å². The summed E-state index contributed by atoms with van der Waals surface area (Å²) in [5.41, 5.74) is 12.3. The highest BCUT2D eigenvalue weighted by Gasteiger charge is 2.21. The molecule has 0 aromatic heterocycles. The molecule has 20 heavy (non-hydrogen) atoms. The lowest BCUT2D eigenvalue weighted by molar-refractivity contribution is 0.539. The van der Waals surface area contributed by atoms with Gasteiger partial charge in [-0.2, -0.15) is 0 Å². The minimum absolute atomic E-state index is 0.0910. The third-order valence-corrected chi connectivity index (χ3v) is 4.61. The maximum absolute atomic E-state index is 6.58. The number of rotatable bonds is 4. The van der Waals surface area contributed by atoms with Gasteiger partial charge in [0, 0.05) is 12.0 Å². The Morgan fingerprint density at radius 1 is 0.950 bits per heavy atom. The summed E-state index contributed by atoms with van der Waals surface area (Å²) < 4.78 is 0. The minimum Gasteiger partial charge on any atom is -0.323 e. The van der Waals surface area contributed by atoms with E-state index in [2.05, 4.69) is 55.5 Å². The molecule has 2 aromatic rings. The summed E-state index contributed by atoms with van der Waals surface area (Å²) in [5, 5.41) is 0. The first-order chi connectivity index (χ1) is 9.79. The van der Waals surface area contributed by atoms with E-state index in [1.54, 1.807) is 0 Å². The van der Waals surface area contributed by atoms with Crippen LogP contribution >= 0.6 is 0 Å². The van der Waals surface area contributed by atoms with Crippen molar-refractivity contribution in [1.82, 2.24) is 0 Å². The zero-order chi connectivity index (χ0) is 13.9. The number of hydrogen-bond donors (Lipinski definition) is 1. The average Bonchev–Trinajstić information content (AvgIpc) is 2.96. The molecule has 1 nitrogen and oxygen atoms in total. The summed E-state index contributed by atoms with van der Waals surface area (Å²) >= 11 is 0. The Balaban J connectivity index is 1.89. The maximum Gasteiger partial charge on any atom is 0.0364 e. The Hall–Kier alpha value is -1.60. The van der Waals surface area contributed by atoms with E-state index in [1.807, 2.05) is 0 Å². The molecule has 0 amide bonds. The predicted octanol–water partition coefficient (Wildman–Crippen LogP) is 4.37. The van der Waals surface area contributed by atoms with E-state index in [0.717, 1.165) is 6.42 Å². The van der Waals surface area contributed by atoms with Crippen molar-refractivity contribution in [1.29, 1.82) is 0 Å². The van der Waals surface area contributed by atoms with Gasteiger partial charge in [-0.3, -0.25) is 0 Å².